The minimum Gasteiger partial charge on any atom is -0.483 e. The Morgan fingerprint density at radius 2 is 1.93 bits per heavy atom. The number of ether oxygens (including phenoxy) is 1. The van der Waals surface area contributed by atoms with Crippen LogP contribution in [0.3, 0.4) is 0 Å². The van der Waals surface area contributed by atoms with Crippen molar-refractivity contribution in [2.45, 2.75) is 43.8 Å². The summed E-state index contributed by atoms with van der Waals surface area (Å²) >= 11 is 0. The Morgan fingerprint density at radius 3 is 2.60 bits per heavy atom. The average molecular weight is 415 g/mol. The van der Waals surface area contributed by atoms with Crippen molar-refractivity contribution in [2.24, 2.45) is 0 Å². The van der Waals surface area contributed by atoms with Crippen molar-refractivity contribution in [1.29, 1.82) is 0 Å². The Hall–Kier alpha value is -2.65. The van der Waals surface area contributed by atoms with Crippen LogP contribution in [0.1, 0.15) is 36.2 Å². The first-order valence-corrected chi connectivity index (χ1v) is 10.5. The molecule has 3 fully saturated rings. The smallest absolute Gasteiger partial charge is 0.290 e. The minimum atomic E-state index is -0.250. The lowest BCUT2D eigenvalue weighted by Crippen LogP contribution is -2.48. The van der Waals surface area contributed by atoms with Gasteiger partial charge in [-0.1, -0.05) is 0 Å². The van der Waals surface area contributed by atoms with Crippen LogP contribution in [0.4, 0.5) is 5.69 Å². The SMILES string of the molecule is CN1C2CCC1CC(NC(=O)c1n[nH]c3ccc(N4CCOCC4)cc13)C2.O=CO. The number of rotatable bonds is 3. The number of nitrogens with zero attached hydrogens (tertiary/aromatic N) is 3. The molecule has 5 rings (SSSR count). The number of carbonyl (C=O) groups excluding carboxylic acids is 1. The third-order valence-corrected chi connectivity index (χ3v) is 6.57. The number of amides is 1. The summed E-state index contributed by atoms with van der Waals surface area (Å²) in [7, 11) is 2.22. The third-order valence-electron chi connectivity index (χ3n) is 6.57. The van der Waals surface area contributed by atoms with E-state index in [1.165, 1.54) is 12.8 Å². The van der Waals surface area contributed by atoms with Gasteiger partial charge in [0.2, 0.25) is 0 Å². The molecule has 0 aliphatic carbocycles. The van der Waals surface area contributed by atoms with Crippen molar-refractivity contribution in [3.05, 3.63) is 23.9 Å². The normalized spacial score (nSPS) is 26.2. The lowest BCUT2D eigenvalue weighted by atomic mass is 9.98. The van der Waals surface area contributed by atoms with Gasteiger partial charge in [0.15, 0.2) is 5.69 Å². The molecule has 3 aliphatic rings. The number of benzene rings is 1. The molecule has 4 heterocycles. The van der Waals surface area contributed by atoms with Crippen molar-refractivity contribution in [3.8, 4) is 0 Å². The van der Waals surface area contributed by atoms with E-state index in [1.54, 1.807) is 0 Å². The summed E-state index contributed by atoms with van der Waals surface area (Å²) in [5, 5.41) is 18.4. The number of hydrogen-bond acceptors (Lipinski definition) is 6. The van der Waals surface area contributed by atoms with Crippen molar-refractivity contribution < 1.29 is 19.4 Å². The van der Waals surface area contributed by atoms with Crippen LogP contribution in [-0.2, 0) is 9.53 Å². The number of anilines is 1. The van der Waals surface area contributed by atoms with Crippen molar-refractivity contribution in [2.75, 3.05) is 38.3 Å². The zero-order chi connectivity index (χ0) is 21.1. The molecular weight excluding hydrogens is 386 g/mol. The number of aromatic nitrogens is 2. The summed E-state index contributed by atoms with van der Waals surface area (Å²) in [4.78, 5) is 26.1. The topological polar surface area (TPSA) is 111 Å². The minimum absolute atomic E-state index is 0.0608. The maximum atomic E-state index is 13.0. The molecule has 2 atom stereocenters. The van der Waals surface area contributed by atoms with Crippen LogP contribution >= 0.6 is 0 Å². The first-order valence-electron chi connectivity index (χ1n) is 10.5. The number of aromatic amines is 1. The zero-order valence-corrected chi connectivity index (χ0v) is 17.2. The van der Waals surface area contributed by atoms with Gasteiger partial charge in [0.25, 0.3) is 12.4 Å². The van der Waals surface area contributed by atoms with E-state index in [0.29, 0.717) is 17.8 Å². The van der Waals surface area contributed by atoms with Crippen molar-refractivity contribution in [1.82, 2.24) is 20.4 Å². The first-order chi connectivity index (χ1) is 14.6. The molecular formula is C21H29N5O4. The highest BCUT2D eigenvalue weighted by Gasteiger charge is 2.39. The average Bonchev–Trinajstić information content (AvgIpc) is 3.25. The summed E-state index contributed by atoms with van der Waals surface area (Å²) in [6.45, 7) is 3.00. The molecule has 9 nitrogen and oxygen atoms in total. The van der Waals surface area contributed by atoms with Gasteiger partial charge in [0.05, 0.1) is 18.7 Å². The van der Waals surface area contributed by atoms with Gasteiger partial charge >= 0.3 is 0 Å². The van der Waals surface area contributed by atoms with Crippen LogP contribution in [-0.4, -0.2) is 84.1 Å². The summed E-state index contributed by atoms with van der Waals surface area (Å²) in [5.74, 6) is -0.0608. The molecule has 3 N–H and O–H groups in total. The first kappa shape index (κ1) is 20.6. The maximum Gasteiger partial charge on any atom is 0.290 e. The van der Waals surface area contributed by atoms with E-state index in [0.717, 1.165) is 55.7 Å². The van der Waals surface area contributed by atoms with E-state index >= 15 is 0 Å². The molecule has 3 saturated heterocycles. The van der Waals surface area contributed by atoms with Crippen LogP contribution in [0.5, 0.6) is 0 Å². The maximum absolute atomic E-state index is 13.0. The highest BCUT2D eigenvalue weighted by molar-refractivity contribution is 6.05. The molecule has 0 spiro atoms. The van der Waals surface area contributed by atoms with E-state index in [-0.39, 0.29) is 18.4 Å². The van der Waals surface area contributed by atoms with Gasteiger partial charge in [-0.3, -0.25) is 14.7 Å². The highest BCUT2D eigenvalue weighted by atomic mass is 16.5. The fourth-order valence-corrected chi connectivity index (χ4v) is 4.98. The molecule has 9 heteroatoms. The van der Waals surface area contributed by atoms with Crippen LogP contribution in [0.25, 0.3) is 10.9 Å². The molecule has 0 saturated carbocycles. The molecule has 2 unspecified atom stereocenters. The number of hydrogen-bond donors (Lipinski definition) is 3. The Bertz CT molecular complexity index is 881. The van der Waals surface area contributed by atoms with Crippen molar-refractivity contribution in [3.63, 3.8) is 0 Å². The Kier molecular flexibility index (Phi) is 6.19. The molecule has 2 aromatic rings. The predicted molar refractivity (Wildman–Crippen MR) is 113 cm³/mol. The van der Waals surface area contributed by atoms with Crippen LogP contribution in [0.15, 0.2) is 18.2 Å². The van der Waals surface area contributed by atoms with E-state index in [4.69, 9.17) is 14.6 Å². The fourth-order valence-electron chi connectivity index (χ4n) is 4.98. The molecule has 30 heavy (non-hydrogen) atoms. The van der Waals surface area contributed by atoms with Crippen LogP contribution in [0, 0.1) is 0 Å². The predicted octanol–water partition coefficient (Wildman–Crippen LogP) is 1.46. The highest BCUT2D eigenvalue weighted by Crippen LogP contribution is 2.34. The summed E-state index contributed by atoms with van der Waals surface area (Å²) in [5.41, 5.74) is 2.53. The van der Waals surface area contributed by atoms with Gasteiger partial charge in [-0.15, -0.1) is 0 Å². The number of fused-ring (bicyclic) bond motifs is 3. The lowest BCUT2D eigenvalue weighted by Gasteiger charge is -2.36. The van der Waals surface area contributed by atoms with Crippen molar-refractivity contribution >= 4 is 29.0 Å². The van der Waals surface area contributed by atoms with E-state index in [9.17, 15) is 4.79 Å². The number of nitrogens with one attached hydrogen (secondary N) is 2. The number of piperidine rings is 1. The van der Waals surface area contributed by atoms with Gasteiger partial charge < -0.3 is 25.0 Å². The molecule has 3 aliphatic heterocycles. The zero-order valence-electron chi connectivity index (χ0n) is 17.2. The Balaban J connectivity index is 0.000000687. The van der Waals surface area contributed by atoms with Crippen LogP contribution < -0.4 is 10.2 Å². The molecule has 1 aromatic heterocycles. The van der Waals surface area contributed by atoms with E-state index < -0.39 is 0 Å². The van der Waals surface area contributed by atoms with Gasteiger partial charge in [0, 0.05) is 42.3 Å². The van der Waals surface area contributed by atoms with E-state index in [1.807, 2.05) is 6.07 Å². The molecule has 0 radical (unpaired) electrons. The molecule has 1 aromatic carbocycles. The third kappa shape index (κ3) is 4.13. The van der Waals surface area contributed by atoms with Gasteiger partial charge in [-0.05, 0) is 50.9 Å². The standard InChI is InChI=1S/C20H27N5O2.CH2O2/c1-24-14-2-3-15(24)11-13(10-14)21-20(26)19-17-12-16(4-5-18(17)22-23-19)25-6-8-27-9-7-25;2-1-3/h4-5,12-15H,2-3,6-11H2,1H3,(H,21,26)(H,22,23);1H,(H,2,3). The fraction of sp³-hybridized carbons (Fsp3) is 0.571. The van der Waals surface area contributed by atoms with Gasteiger partial charge in [-0.25, -0.2) is 0 Å². The number of carboxylic acid groups (broad SMARTS) is 1. The monoisotopic (exact) mass is 415 g/mol. The summed E-state index contributed by atoms with van der Waals surface area (Å²) < 4.78 is 5.44. The summed E-state index contributed by atoms with van der Waals surface area (Å²) in [6.07, 6.45) is 4.59. The number of morpholine rings is 1. The largest absolute Gasteiger partial charge is 0.483 e. The van der Waals surface area contributed by atoms with Gasteiger partial charge in [-0.2, -0.15) is 5.10 Å². The molecule has 162 valence electrons. The lowest BCUT2D eigenvalue weighted by molar-refractivity contribution is -0.122. The van der Waals surface area contributed by atoms with E-state index in [2.05, 4.69) is 44.5 Å². The Morgan fingerprint density at radius 1 is 1.27 bits per heavy atom. The molecule has 2 bridgehead atoms. The Labute approximate surface area is 175 Å². The molecule has 1 amide bonds. The second kappa shape index (κ2) is 9.01. The number of H-pyrrole nitrogens is 1. The van der Waals surface area contributed by atoms with Gasteiger partial charge in [0.1, 0.15) is 0 Å². The second-order valence-corrected chi connectivity index (χ2v) is 8.20. The number of carbonyl (C=O) groups is 2. The second-order valence-electron chi connectivity index (χ2n) is 8.20. The van der Waals surface area contributed by atoms with Crippen LogP contribution in [0.2, 0.25) is 0 Å². The quantitative estimate of drug-likeness (QED) is 0.651. The summed E-state index contributed by atoms with van der Waals surface area (Å²) in [6, 6.07) is 7.65.